The lowest BCUT2D eigenvalue weighted by Gasteiger charge is -2.11. The Morgan fingerprint density at radius 2 is 1.67 bits per heavy atom. The van der Waals surface area contributed by atoms with E-state index in [9.17, 15) is 18.0 Å². The van der Waals surface area contributed by atoms with Crippen molar-refractivity contribution in [1.29, 1.82) is 0 Å². The van der Waals surface area contributed by atoms with Crippen LogP contribution < -0.4 is 0 Å². The van der Waals surface area contributed by atoms with Crippen molar-refractivity contribution in [2.24, 2.45) is 0 Å². The summed E-state index contributed by atoms with van der Waals surface area (Å²) >= 11 is 0. The molecule has 70 valence electrons. The topological polar surface area (TPSA) is 26.3 Å². The number of carbonyl (C=O) groups is 1. The van der Waals surface area contributed by atoms with Gasteiger partial charge in [-0.2, -0.15) is 13.2 Å². The minimum absolute atomic E-state index is 0.412. The Hall–Kier alpha value is -1.00. The summed E-state index contributed by atoms with van der Waals surface area (Å²) < 4.78 is 40.1. The van der Waals surface area contributed by atoms with Gasteiger partial charge in [0.05, 0.1) is 7.11 Å². The SMILES string of the molecule is CO/C(=C(/C)C(C)=O)C(F)(F)F. The number of alkyl halides is 3. The maximum Gasteiger partial charge on any atom is 0.449 e. The Labute approximate surface area is 68.0 Å². The first-order valence-corrected chi connectivity index (χ1v) is 3.13. The summed E-state index contributed by atoms with van der Waals surface area (Å²) in [6.07, 6.45) is -4.59. The average molecular weight is 182 g/mol. The lowest BCUT2D eigenvalue weighted by molar-refractivity contribution is -0.130. The Kier molecular flexibility index (Phi) is 3.30. The van der Waals surface area contributed by atoms with Crippen molar-refractivity contribution in [3.63, 3.8) is 0 Å². The van der Waals surface area contributed by atoms with Crippen molar-refractivity contribution in [3.05, 3.63) is 11.3 Å². The van der Waals surface area contributed by atoms with Gasteiger partial charge in [-0.3, -0.25) is 4.79 Å². The van der Waals surface area contributed by atoms with Crippen LogP contribution in [0.15, 0.2) is 11.3 Å². The van der Waals surface area contributed by atoms with Gasteiger partial charge < -0.3 is 4.74 Å². The van der Waals surface area contributed by atoms with Gasteiger partial charge in [0.15, 0.2) is 5.78 Å². The lowest BCUT2D eigenvalue weighted by atomic mass is 10.2. The number of allylic oxidation sites excluding steroid dienone is 2. The summed E-state index contributed by atoms with van der Waals surface area (Å²) in [5.41, 5.74) is -0.412. The van der Waals surface area contributed by atoms with E-state index >= 15 is 0 Å². The summed E-state index contributed by atoms with van der Waals surface area (Å²) in [4.78, 5) is 10.6. The van der Waals surface area contributed by atoms with Crippen LogP contribution in [-0.2, 0) is 9.53 Å². The van der Waals surface area contributed by atoms with Gasteiger partial charge in [0.25, 0.3) is 0 Å². The number of ketones is 1. The molecule has 0 aliphatic carbocycles. The van der Waals surface area contributed by atoms with Crippen LogP contribution in [0.5, 0.6) is 0 Å². The molecule has 0 saturated heterocycles. The lowest BCUT2D eigenvalue weighted by Crippen LogP contribution is -2.17. The first kappa shape index (κ1) is 11.0. The summed E-state index contributed by atoms with van der Waals surface area (Å²) in [5.74, 6) is -1.88. The third-order valence-electron chi connectivity index (χ3n) is 1.33. The predicted octanol–water partition coefficient (Wildman–Crippen LogP) is 2.06. The van der Waals surface area contributed by atoms with E-state index in [0.29, 0.717) is 0 Å². The molecule has 0 aromatic rings. The molecule has 2 nitrogen and oxygen atoms in total. The zero-order valence-electron chi connectivity index (χ0n) is 6.95. The summed E-state index contributed by atoms with van der Waals surface area (Å²) in [6.45, 7) is 2.13. The number of halogens is 3. The number of carbonyl (C=O) groups excluding carboxylic acids is 1. The van der Waals surface area contributed by atoms with Crippen molar-refractivity contribution in [3.8, 4) is 0 Å². The van der Waals surface area contributed by atoms with Crippen LogP contribution in [0.25, 0.3) is 0 Å². The quantitative estimate of drug-likeness (QED) is 0.482. The molecule has 0 aromatic carbocycles. The summed E-state index contributed by atoms with van der Waals surface area (Å²) in [5, 5.41) is 0. The van der Waals surface area contributed by atoms with Crippen LogP contribution in [0.3, 0.4) is 0 Å². The number of rotatable bonds is 2. The zero-order valence-corrected chi connectivity index (χ0v) is 6.95. The van der Waals surface area contributed by atoms with Crippen molar-refractivity contribution in [1.82, 2.24) is 0 Å². The molecule has 0 radical (unpaired) electrons. The number of hydrogen-bond acceptors (Lipinski definition) is 2. The van der Waals surface area contributed by atoms with E-state index in [0.717, 1.165) is 21.0 Å². The van der Waals surface area contributed by atoms with E-state index in [1.54, 1.807) is 0 Å². The molecule has 0 bridgehead atoms. The number of hydrogen-bond donors (Lipinski definition) is 0. The standard InChI is InChI=1S/C7H9F3O2/c1-4(5(2)11)6(12-3)7(8,9)10/h1-3H3/b6-4-. The van der Waals surface area contributed by atoms with E-state index in [1.165, 1.54) is 0 Å². The summed E-state index contributed by atoms with van der Waals surface area (Å²) in [7, 11) is 0.884. The maximum absolute atomic E-state index is 12.0. The van der Waals surface area contributed by atoms with Gasteiger partial charge >= 0.3 is 6.18 Å². The van der Waals surface area contributed by atoms with E-state index < -0.39 is 23.3 Å². The van der Waals surface area contributed by atoms with Crippen LogP contribution in [0, 0.1) is 0 Å². The third kappa shape index (κ3) is 2.56. The molecule has 0 aromatic heterocycles. The Balaban J connectivity index is 5.01. The van der Waals surface area contributed by atoms with Gasteiger partial charge in [-0.05, 0) is 13.8 Å². The molecule has 0 unspecified atom stereocenters. The molecule has 0 aliphatic rings. The molecule has 0 saturated carbocycles. The van der Waals surface area contributed by atoms with Gasteiger partial charge in [0.2, 0.25) is 5.76 Å². The van der Waals surface area contributed by atoms with Gasteiger partial charge in [-0.25, -0.2) is 0 Å². The van der Waals surface area contributed by atoms with Crippen molar-refractivity contribution < 1.29 is 22.7 Å². The highest BCUT2D eigenvalue weighted by molar-refractivity contribution is 5.93. The van der Waals surface area contributed by atoms with Crippen molar-refractivity contribution in [2.75, 3.05) is 7.11 Å². The third-order valence-corrected chi connectivity index (χ3v) is 1.33. The fourth-order valence-electron chi connectivity index (χ4n) is 0.641. The molecule has 0 N–H and O–H groups in total. The molecule has 5 heteroatoms. The number of Topliss-reactive ketones (excluding diaryl/α,β-unsaturated/α-hetero) is 1. The monoisotopic (exact) mass is 182 g/mol. The van der Waals surface area contributed by atoms with Crippen LogP contribution in [-0.4, -0.2) is 19.1 Å². The molecule has 0 atom stereocenters. The Morgan fingerprint density at radius 3 is 1.75 bits per heavy atom. The first-order chi connectivity index (χ1) is 5.30. The zero-order chi connectivity index (χ0) is 9.94. The van der Waals surface area contributed by atoms with Crippen LogP contribution >= 0.6 is 0 Å². The number of ether oxygens (including phenoxy) is 1. The normalized spacial score (nSPS) is 13.8. The second kappa shape index (κ2) is 3.60. The van der Waals surface area contributed by atoms with E-state index in [-0.39, 0.29) is 0 Å². The van der Waals surface area contributed by atoms with Crippen LogP contribution in [0.1, 0.15) is 13.8 Å². The molecule has 0 rings (SSSR count). The maximum atomic E-state index is 12.0. The molecular weight excluding hydrogens is 173 g/mol. The Bertz CT molecular complexity index is 215. The smallest absolute Gasteiger partial charge is 0.449 e. The van der Waals surface area contributed by atoms with Gasteiger partial charge in [-0.1, -0.05) is 0 Å². The molecule has 0 amide bonds. The van der Waals surface area contributed by atoms with Gasteiger partial charge in [-0.15, -0.1) is 0 Å². The minimum atomic E-state index is -4.59. The fraction of sp³-hybridized carbons (Fsp3) is 0.571. The average Bonchev–Trinajstić information content (AvgIpc) is 1.85. The molecule has 0 fully saturated rings. The van der Waals surface area contributed by atoms with Crippen molar-refractivity contribution >= 4 is 5.78 Å². The van der Waals surface area contributed by atoms with Gasteiger partial charge in [0, 0.05) is 5.57 Å². The molecule has 0 aliphatic heterocycles. The van der Waals surface area contributed by atoms with Crippen LogP contribution in [0.4, 0.5) is 13.2 Å². The molecule has 0 heterocycles. The number of methoxy groups -OCH3 is 1. The molecule has 12 heavy (non-hydrogen) atoms. The highest BCUT2D eigenvalue weighted by Gasteiger charge is 2.37. The highest BCUT2D eigenvalue weighted by Crippen LogP contribution is 2.28. The Morgan fingerprint density at radius 1 is 1.25 bits per heavy atom. The first-order valence-electron chi connectivity index (χ1n) is 3.13. The van der Waals surface area contributed by atoms with Crippen LogP contribution in [0.2, 0.25) is 0 Å². The van der Waals surface area contributed by atoms with E-state index in [1.807, 2.05) is 0 Å². The molecular formula is C7H9F3O2. The largest absolute Gasteiger partial charge is 0.492 e. The second-order valence-corrected chi connectivity index (χ2v) is 2.21. The summed E-state index contributed by atoms with van der Waals surface area (Å²) in [6, 6.07) is 0. The van der Waals surface area contributed by atoms with E-state index in [2.05, 4.69) is 4.74 Å². The van der Waals surface area contributed by atoms with Gasteiger partial charge in [0.1, 0.15) is 0 Å². The fourth-order valence-corrected chi connectivity index (χ4v) is 0.641. The van der Waals surface area contributed by atoms with E-state index in [4.69, 9.17) is 0 Å². The highest BCUT2D eigenvalue weighted by atomic mass is 19.4. The predicted molar refractivity (Wildman–Crippen MR) is 36.4 cm³/mol. The second-order valence-electron chi connectivity index (χ2n) is 2.21. The minimum Gasteiger partial charge on any atom is -0.492 e. The van der Waals surface area contributed by atoms with Crippen molar-refractivity contribution in [2.45, 2.75) is 20.0 Å². The molecule has 0 spiro atoms.